The quantitative estimate of drug-likeness (QED) is 0.507. The Bertz CT molecular complexity index is 1020. The number of fused-ring (bicyclic) bond motifs is 1. The number of hydrogen-bond donors (Lipinski definition) is 2. The van der Waals surface area contributed by atoms with Gasteiger partial charge in [-0.3, -0.25) is 5.10 Å². The number of rotatable bonds is 8. The molecular formula is C25H29N3. The molecule has 1 aromatic heterocycles. The van der Waals surface area contributed by atoms with Gasteiger partial charge in [-0.2, -0.15) is 5.10 Å². The molecule has 3 nitrogen and oxygen atoms in total. The molecule has 1 aromatic carbocycles. The van der Waals surface area contributed by atoms with Crippen molar-refractivity contribution in [2.45, 2.75) is 27.7 Å². The second kappa shape index (κ2) is 9.56. The van der Waals surface area contributed by atoms with E-state index in [4.69, 9.17) is 0 Å². The highest BCUT2D eigenvalue weighted by Gasteiger charge is 2.12. The first-order valence-electron chi connectivity index (χ1n) is 9.30. The lowest BCUT2D eigenvalue weighted by atomic mass is 9.96. The summed E-state index contributed by atoms with van der Waals surface area (Å²) in [6, 6.07) is 6.31. The molecule has 0 amide bonds. The lowest BCUT2D eigenvalue weighted by Crippen LogP contribution is -2.10. The Morgan fingerprint density at radius 3 is 2.54 bits per heavy atom. The second-order valence-electron chi connectivity index (χ2n) is 6.63. The van der Waals surface area contributed by atoms with Crippen LogP contribution < -0.4 is 5.32 Å². The van der Waals surface area contributed by atoms with E-state index in [9.17, 15) is 0 Å². The molecule has 144 valence electrons. The third-order valence-corrected chi connectivity index (χ3v) is 4.65. The fraction of sp³-hybridized carbons (Fsp3) is 0.160. The van der Waals surface area contributed by atoms with Gasteiger partial charge in [0.25, 0.3) is 0 Å². The van der Waals surface area contributed by atoms with E-state index in [0.29, 0.717) is 0 Å². The maximum atomic E-state index is 4.48. The largest absolute Gasteiger partial charge is 0.358 e. The van der Waals surface area contributed by atoms with E-state index in [0.717, 1.165) is 39.1 Å². The maximum Gasteiger partial charge on any atom is 0.116 e. The van der Waals surface area contributed by atoms with E-state index >= 15 is 0 Å². The zero-order chi connectivity index (χ0) is 20.7. The lowest BCUT2D eigenvalue weighted by molar-refractivity contribution is 1.02. The number of allylic oxidation sites excluding steroid dienone is 10. The van der Waals surface area contributed by atoms with Crippen LogP contribution in [0.2, 0.25) is 0 Å². The van der Waals surface area contributed by atoms with Gasteiger partial charge in [0.2, 0.25) is 0 Å². The molecule has 3 heteroatoms. The van der Waals surface area contributed by atoms with Crippen molar-refractivity contribution in [3.05, 3.63) is 102 Å². The topological polar surface area (TPSA) is 40.7 Å². The minimum absolute atomic E-state index is 0.757. The molecule has 0 radical (unpaired) electrons. The van der Waals surface area contributed by atoms with E-state index in [-0.39, 0.29) is 0 Å². The van der Waals surface area contributed by atoms with E-state index in [1.165, 1.54) is 11.1 Å². The van der Waals surface area contributed by atoms with Crippen LogP contribution in [0.5, 0.6) is 0 Å². The number of H-pyrrole nitrogens is 1. The highest BCUT2D eigenvalue weighted by atomic mass is 15.1. The summed E-state index contributed by atoms with van der Waals surface area (Å²) in [7, 11) is 0. The summed E-state index contributed by atoms with van der Waals surface area (Å²) in [6.45, 7) is 19.9. The fourth-order valence-electron chi connectivity index (χ4n) is 3.02. The molecule has 0 aliphatic carbocycles. The van der Waals surface area contributed by atoms with E-state index in [2.05, 4.69) is 66.4 Å². The van der Waals surface area contributed by atoms with Crippen LogP contribution in [0, 0.1) is 0 Å². The van der Waals surface area contributed by atoms with Crippen molar-refractivity contribution >= 4 is 22.2 Å². The van der Waals surface area contributed by atoms with Crippen molar-refractivity contribution in [1.29, 1.82) is 0 Å². The molecule has 0 spiro atoms. The second-order valence-corrected chi connectivity index (χ2v) is 6.63. The van der Waals surface area contributed by atoms with Crippen molar-refractivity contribution < 1.29 is 0 Å². The first-order valence-corrected chi connectivity index (χ1v) is 9.30. The number of aromatic amines is 1. The summed E-state index contributed by atoms with van der Waals surface area (Å²) >= 11 is 0. The third kappa shape index (κ3) is 4.68. The van der Waals surface area contributed by atoms with Gasteiger partial charge >= 0.3 is 0 Å². The molecule has 0 atom stereocenters. The molecule has 2 N–H and O–H groups in total. The van der Waals surface area contributed by atoms with Gasteiger partial charge in [0, 0.05) is 11.1 Å². The lowest BCUT2D eigenvalue weighted by Gasteiger charge is -2.11. The summed E-state index contributed by atoms with van der Waals surface area (Å²) in [5.41, 5.74) is 8.17. The zero-order valence-electron chi connectivity index (χ0n) is 17.3. The van der Waals surface area contributed by atoms with Crippen LogP contribution in [-0.2, 0) is 0 Å². The predicted octanol–water partition coefficient (Wildman–Crippen LogP) is 6.69. The molecule has 1 heterocycles. The van der Waals surface area contributed by atoms with Crippen LogP contribution in [0.1, 0.15) is 39.0 Å². The highest BCUT2D eigenvalue weighted by Crippen LogP contribution is 2.28. The van der Waals surface area contributed by atoms with Crippen molar-refractivity contribution in [2.75, 3.05) is 0 Å². The number of aromatic nitrogens is 2. The predicted molar refractivity (Wildman–Crippen MR) is 124 cm³/mol. The number of nitrogens with zero attached hydrogens (tertiary/aromatic N) is 1. The van der Waals surface area contributed by atoms with Gasteiger partial charge in [-0.05, 0) is 62.1 Å². The monoisotopic (exact) mass is 371 g/mol. The first-order chi connectivity index (χ1) is 13.4. The highest BCUT2D eigenvalue weighted by molar-refractivity contribution is 5.93. The first kappa shape index (κ1) is 21.0. The number of hydrogen-bond acceptors (Lipinski definition) is 2. The van der Waals surface area contributed by atoms with Crippen molar-refractivity contribution in [3.8, 4) is 0 Å². The van der Waals surface area contributed by atoms with Gasteiger partial charge in [0.1, 0.15) is 5.69 Å². The van der Waals surface area contributed by atoms with E-state index < -0.39 is 0 Å². The van der Waals surface area contributed by atoms with Gasteiger partial charge < -0.3 is 5.32 Å². The van der Waals surface area contributed by atoms with Crippen LogP contribution in [0.4, 0.5) is 0 Å². The minimum Gasteiger partial charge on any atom is -0.358 e. The summed E-state index contributed by atoms with van der Waals surface area (Å²) in [6.07, 6.45) is 11.6. The van der Waals surface area contributed by atoms with Gasteiger partial charge in [-0.25, -0.2) is 0 Å². The van der Waals surface area contributed by atoms with E-state index in [1.54, 1.807) is 6.08 Å². The normalized spacial score (nSPS) is 13.6. The molecule has 0 unspecified atom stereocenters. The smallest absolute Gasteiger partial charge is 0.116 e. The number of benzene rings is 1. The molecule has 0 bridgehead atoms. The molecule has 28 heavy (non-hydrogen) atoms. The maximum absolute atomic E-state index is 4.48. The molecule has 0 saturated heterocycles. The Hall–Kier alpha value is -3.33. The van der Waals surface area contributed by atoms with Gasteiger partial charge in [-0.15, -0.1) is 0 Å². The Labute approximate surface area is 168 Å². The molecule has 0 fully saturated rings. The Kier molecular flexibility index (Phi) is 7.16. The van der Waals surface area contributed by atoms with Crippen LogP contribution in [-0.4, -0.2) is 10.2 Å². The third-order valence-electron chi connectivity index (χ3n) is 4.65. The molecule has 2 rings (SSSR count). The summed E-state index contributed by atoms with van der Waals surface area (Å²) in [5.74, 6) is 0. The molecule has 0 aliphatic heterocycles. The Morgan fingerprint density at radius 2 is 1.89 bits per heavy atom. The molecule has 2 aromatic rings. The fourth-order valence-corrected chi connectivity index (χ4v) is 3.02. The Balaban J connectivity index is 2.43. The summed E-state index contributed by atoms with van der Waals surface area (Å²) < 4.78 is 0. The molecule has 0 aliphatic rings. The van der Waals surface area contributed by atoms with Crippen LogP contribution in [0.25, 0.3) is 22.2 Å². The average Bonchev–Trinajstić information content (AvgIpc) is 3.10. The van der Waals surface area contributed by atoms with Gasteiger partial charge in [0.05, 0.1) is 11.2 Å². The number of nitrogens with one attached hydrogen (secondary N) is 2. The van der Waals surface area contributed by atoms with E-state index in [1.807, 2.05) is 45.1 Å². The summed E-state index contributed by atoms with van der Waals surface area (Å²) in [4.78, 5) is 0. The van der Waals surface area contributed by atoms with Crippen LogP contribution in [0.3, 0.4) is 0 Å². The average molecular weight is 372 g/mol. The molecule has 0 saturated carbocycles. The van der Waals surface area contributed by atoms with Gasteiger partial charge in [0.15, 0.2) is 0 Å². The Morgan fingerprint density at radius 1 is 1.14 bits per heavy atom. The van der Waals surface area contributed by atoms with Crippen LogP contribution >= 0.6 is 0 Å². The molecular weight excluding hydrogens is 342 g/mol. The van der Waals surface area contributed by atoms with Gasteiger partial charge in [-0.1, -0.05) is 62.3 Å². The van der Waals surface area contributed by atoms with Crippen LogP contribution in [0.15, 0.2) is 91.2 Å². The summed E-state index contributed by atoms with van der Waals surface area (Å²) in [5, 5.41) is 12.0. The standard InChI is InChI=1S/C25H29N3/c1-8-11-13-17(4)19(6)26-20(7)25-23-16-21(14-15-24(23)27-28-25)22(10-3)18(5)12-9-2/h8-16,26H,1-2,7H2,3-6H3,(H,27,28)/b13-11-,18-12-,19-17+,22-10+. The minimum atomic E-state index is 0.757. The van der Waals surface area contributed by atoms with Crippen molar-refractivity contribution in [3.63, 3.8) is 0 Å². The van der Waals surface area contributed by atoms with Crippen molar-refractivity contribution in [2.24, 2.45) is 0 Å². The van der Waals surface area contributed by atoms with Crippen molar-refractivity contribution in [1.82, 2.24) is 15.5 Å². The zero-order valence-corrected chi connectivity index (χ0v) is 17.3. The SMILES string of the molecule is C=C/C=C\C(C)=C(/C)NC(=C)c1n[nH]c2ccc(C(=C/C)/C(C)=C\C=C)cc12.